The van der Waals surface area contributed by atoms with Gasteiger partial charge in [-0.15, -0.1) is 11.3 Å². The Hall–Kier alpha value is -2.03. The van der Waals surface area contributed by atoms with Gasteiger partial charge in [-0.2, -0.15) is 0 Å². The van der Waals surface area contributed by atoms with Gasteiger partial charge in [-0.1, -0.05) is 30.0 Å². The SMILES string of the molecule is O=C(CCN1C(=O)C(=Cc2cccs2)SC1=S)Nc1ccc(F)cc1. The van der Waals surface area contributed by atoms with Crippen molar-refractivity contribution in [1.82, 2.24) is 4.90 Å². The van der Waals surface area contributed by atoms with Gasteiger partial charge in [0, 0.05) is 23.5 Å². The van der Waals surface area contributed by atoms with Crippen molar-refractivity contribution in [2.75, 3.05) is 11.9 Å². The van der Waals surface area contributed by atoms with Gasteiger partial charge in [0.15, 0.2) is 0 Å². The van der Waals surface area contributed by atoms with Gasteiger partial charge < -0.3 is 5.32 Å². The molecule has 0 radical (unpaired) electrons. The Morgan fingerprint density at radius 3 is 2.72 bits per heavy atom. The number of anilines is 1. The number of nitrogens with one attached hydrogen (secondary N) is 1. The van der Waals surface area contributed by atoms with Gasteiger partial charge in [0.25, 0.3) is 5.91 Å². The highest BCUT2D eigenvalue weighted by molar-refractivity contribution is 8.26. The molecule has 1 aromatic carbocycles. The van der Waals surface area contributed by atoms with Gasteiger partial charge in [-0.3, -0.25) is 14.5 Å². The molecule has 1 aromatic heterocycles. The van der Waals surface area contributed by atoms with Crippen molar-refractivity contribution >= 4 is 63.2 Å². The summed E-state index contributed by atoms with van der Waals surface area (Å²) in [5.74, 6) is -0.811. The Balaban J connectivity index is 1.57. The molecule has 0 aliphatic carbocycles. The lowest BCUT2D eigenvalue weighted by Gasteiger charge is -2.14. The lowest BCUT2D eigenvalue weighted by molar-refractivity contribution is -0.122. The van der Waals surface area contributed by atoms with Crippen LogP contribution in [-0.4, -0.2) is 27.6 Å². The van der Waals surface area contributed by atoms with Crippen molar-refractivity contribution in [3.8, 4) is 0 Å². The third-order valence-electron chi connectivity index (χ3n) is 3.38. The summed E-state index contributed by atoms with van der Waals surface area (Å²) in [6, 6.07) is 9.34. The van der Waals surface area contributed by atoms with Gasteiger partial charge in [0.2, 0.25) is 5.91 Å². The number of carbonyl (C=O) groups excluding carboxylic acids is 2. The van der Waals surface area contributed by atoms with E-state index in [0.717, 1.165) is 4.88 Å². The second-order valence-corrected chi connectivity index (χ2v) is 7.81. The van der Waals surface area contributed by atoms with Crippen molar-refractivity contribution in [2.24, 2.45) is 0 Å². The molecule has 8 heteroatoms. The number of thiocarbonyl (C=S) groups is 1. The first-order valence-corrected chi connectivity index (χ1v) is 9.47. The number of amides is 2. The Morgan fingerprint density at radius 2 is 2.04 bits per heavy atom. The molecule has 1 N–H and O–H groups in total. The lowest BCUT2D eigenvalue weighted by atomic mass is 10.3. The fourth-order valence-electron chi connectivity index (χ4n) is 2.17. The predicted octanol–water partition coefficient (Wildman–Crippen LogP) is 4.12. The normalized spacial score (nSPS) is 15.9. The molecule has 4 nitrogen and oxygen atoms in total. The van der Waals surface area contributed by atoms with Crippen LogP contribution in [0.4, 0.5) is 10.1 Å². The van der Waals surface area contributed by atoms with Crippen LogP contribution >= 0.6 is 35.3 Å². The fraction of sp³-hybridized carbons (Fsp3) is 0.118. The van der Waals surface area contributed by atoms with Gasteiger partial charge in [0.05, 0.1) is 4.91 Å². The third kappa shape index (κ3) is 4.53. The smallest absolute Gasteiger partial charge is 0.266 e. The number of benzene rings is 1. The minimum Gasteiger partial charge on any atom is -0.326 e. The first-order chi connectivity index (χ1) is 12.0. The van der Waals surface area contributed by atoms with E-state index in [4.69, 9.17) is 12.2 Å². The van der Waals surface area contributed by atoms with Gasteiger partial charge in [-0.05, 0) is 41.8 Å². The summed E-state index contributed by atoms with van der Waals surface area (Å²) in [5, 5.41) is 4.60. The molecule has 1 fully saturated rings. The van der Waals surface area contributed by atoms with Gasteiger partial charge in [-0.25, -0.2) is 4.39 Å². The maximum absolute atomic E-state index is 12.9. The lowest BCUT2D eigenvalue weighted by Crippen LogP contribution is -2.31. The molecular formula is C17H13FN2O2S3. The topological polar surface area (TPSA) is 49.4 Å². The molecule has 2 heterocycles. The highest BCUT2D eigenvalue weighted by Crippen LogP contribution is 2.33. The van der Waals surface area contributed by atoms with Crippen LogP contribution < -0.4 is 5.32 Å². The standard InChI is InChI=1S/C17H13FN2O2S3/c18-11-3-5-12(6-4-11)19-15(21)7-8-20-16(22)14(25-17(20)23)10-13-2-1-9-24-13/h1-6,9-10H,7-8H2,(H,19,21). The molecule has 0 unspecified atom stereocenters. The average Bonchev–Trinajstić information content (AvgIpc) is 3.18. The summed E-state index contributed by atoms with van der Waals surface area (Å²) in [4.78, 5) is 27.4. The summed E-state index contributed by atoms with van der Waals surface area (Å²) >= 11 is 8.02. The van der Waals surface area contributed by atoms with Crippen LogP contribution in [0, 0.1) is 5.82 Å². The van der Waals surface area contributed by atoms with E-state index in [9.17, 15) is 14.0 Å². The van der Waals surface area contributed by atoms with Crippen molar-refractivity contribution in [3.05, 3.63) is 57.4 Å². The second kappa shape index (κ2) is 7.90. The zero-order valence-electron chi connectivity index (χ0n) is 12.9. The predicted molar refractivity (Wildman–Crippen MR) is 104 cm³/mol. The van der Waals surface area contributed by atoms with E-state index >= 15 is 0 Å². The van der Waals surface area contributed by atoms with Crippen LogP contribution in [0.3, 0.4) is 0 Å². The van der Waals surface area contributed by atoms with E-state index in [1.165, 1.54) is 40.9 Å². The van der Waals surface area contributed by atoms with E-state index in [0.29, 0.717) is 14.9 Å². The van der Waals surface area contributed by atoms with E-state index in [1.54, 1.807) is 11.3 Å². The Bertz CT molecular complexity index is 832. The number of hydrogen-bond acceptors (Lipinski definition) is 5. The number of thiophene rings is 1. The van der Waals surface area contributed by atoms with E-state index in [1.807, 2.05) is 23.6 Å². The number of carbonyl (C=O) groups is 2. The molecule has 3 rings (SSSR count). The Labute approximate surface area is 157 Å². The molecule has 2 aromatic rings. The molecule has 1 aliphatic rings. The van der Waals surface area contributed by atoms with Crippen molar-refractivity contribution in [2.45, 2.75) is 6.42 Å². The Morgan fingerprint density at radius 1 is 1.28 bits per heavy atom. The molecule has 128 valence electrons. The minimum absolute atomic E-state index is 0.107. The summed E-state index contributed by atoms with van der Waals surface area (Å²) in [6.45, 7) is 0.208. The highest BCUT2D eigenvalue weighted by atomic mass is 32.2. The minimum atomic E-state index is -0.368. The van der Waals surface area contributed by atoms with Crippen LogP contribution in [-0.2, 0) is 9.59 Å². The van der Waals surface area contributed by atoms with Crippen molar-refractivity contribution in [3.63, 3.8) is 0 Å². The first-order valence-electron chi connectivity index (χ1n) is 7.37. The molecule has 0 atom stereocenters. The number of rotatable bonds is 5. The molecule has 0 saturated carbocycles. The van der Waals surface area contributed by atoms with Gasteiger partial charge >= 0.3 is 0 Å². The van der Waals surface area contributed by atoms with Crippen molar-refractivity contribution in [1.29, 1.82) is 0 Å². The zero-order valence-corrected chi connectivity index (χ0v) is 15.3. The number of hydrogen-bond donors (Lipinski definition) is 1. The van der Waals surface area contributed by atoms with E-state index in [-0.39, 0.29) is 30.6 Å². The summed E-state index contributed by atoms with van der Waals surface area (Å²) in [6.07, 6.45) is 1.92. The van der Waals surface area contributed by atoms with Crippen LogP contribution in [0.2, 0.25) is 0 Å². The number of nitrogens with zero attached hydrogens (tertiary/aromatic N) is 1. The van der Waals surface area contributed by atoms with Crippen LogP contribution in [0.5, 0.6) is 0 Å². The maximum Gasteiger partial charge on any atom is 0.266 e. The quantitative estimate of drug-likeness (QED) is 0.614. The first kappa shape index (κ1) is 17.8. The summed E-state index contributed by atoms with van der Waals surface area (Å²) in [5.41, 5.74) is 0.509. The van der Waals surface area contributed by atoms with Crippen molar-refractivity contribution < 1.29 is 14.0 Å². The highest BCUT2D eigenvalue weighted by Gasteiger charge is 2.32. The molecule has 0 spiro atoms. The molecule has 1 aliphatic heterocycles. The fourth-order valence-corrected chi connectivity index (χ4v) is 4.20. The summed E-state index contributed by atoms with van der Waals surface area (Å²) < 4.78 is 13.3. The van der Waals surface area contributed by atoms with Crippen LogP contribution in [0.1, 0.15) is 11.3 Å². The molecule has 1 saturated heterocycles. The largest absolute Gasteiger partial charge is 0.326 e. The molecule has 2 amide bonds. The van der Waals surface area contributed by atoms with Crippen LogP contribution in [0.25, 0.3) is 6.08 Å². The van der Waals surface area contributed by atoms with E-state index in [2.05, 4.69) is 5.32 Å². The molecular weight excluding hydrogens is 379 g/mol. The summed E-state index contributed by atoms with van der Waals surface area (Å²) in [7, 11) is 0. The molecule has 25 heavy (non-hydrogen) atoms. The average molecular weight is 393 g/mol. The zero-order chi connectivity index (χ0) is 17.8. The Kier molecular flexibility index (Phi) is 5.62. The monoisotopic (exact) mass is 392 g/mol. The van der Waals surface area contributed by atoms with Gasteiger partial charge in [0.1, 0.15) is 10.1 Å². The van der Waals surface area contributed by atoms with Crippen LogP contribution in [0.15, 0.2) is 46.7 Å². The molecule has 0 bridgehead atoms. The number of thioether (sulfide) groups is 1. The van der Waals surface area contributed by atoms with E-state index < -0.39 is 0 Å². The maximum atomic E-state index is 12.9. The second-order valence-electron chi connectivity index (χ2n) is 5.15. The number of halogens is 1. The third-order valence-corrected chi connectivity index (χ3v) is 5.58.